The third kappa shape index (κ3) is 3.75. The fourth-order valence-electron chi connectivity index (χ4n) is 3.96. The first kappa shape index (κ1) is 19.9. The summed E-state index contributed by atoms with van der Waals surface area (Å²) in [6.07, 6.45) is 7.31. The lowest BCUT2D eigenvalue weighted by Crippen LogP contribution is -2.28. The first-order chi connectivity index (χ1) is 15.0. The van der Waals surface area contributed by atoms with Crippen LogP contribution in [0, 0.1) is 5.92 Å². The Morgan fingerprint density at radius 1 is 1.35 bits per heavy atom. The number of anilines is 1. The van der Waals surface area contributed by atoms with E-state index in [1.165, 1.54) is 33.1 Å². The number of nitrogens with zero attached hydrogens (tertiary/aromatic N) is 5. The summed E-state index contributed by atoms with van der Waals surface area (Å²) in [6.45, 7) is 2.08. The van der Waals surface area contributed by atoms with Crippen molar-refractivity contribution in [2.24, 2.45) is 5.92 Å². The van der Waals surface area contributed by atoms with Crippen molar-refractivity contribution in [1.29, 1.82) is 0 Å². The highest BCUT2D eigenvalue weighted by Crippen LogP contribution is 2.35. The molecule has 0 bridgehead atoms. The van der Waals surface area contributed by atoms with Crippen molar-refractivity contribution < 1.29 is 4.79 Å². The molecule has 0 radical (unpaired) electrons. The van der Waals surface area contributed by atoms with E-state index in [0.717, 1.165) is 29.7 Å². The van der Waals surface area contributed by atoms with Crippen LogP contribution < -0.4 is 10.9 Å². The molecule has 3 aromatic heterocycles. The van der Waals surface area contributed by atoms with Gasteiger partial charge in [-0.15, -0.1) is 11.3 Å². The number of amides is 1. The third-order valence-corrected chi connectivity index (χ3v) is 6.89. The molecule has 0 fully saturated rings. The molecule has 1 atom stereocenters. The van der Waals surface area contributed by atoms with Gasteiger partial charge in [-0.1, -0.05) is 18.5 Å². The Balaban J connectivity index is 1.44. The lowest BCUT2D eigenvalue weighted by atomic mass is 9.89. The summed E-state index contributed by atoms with van der Waals surface area (Å²) in [5.74, 6) is 0.259. The maximum absolute atomic E-state index is 13.1. The van der Waals surface area contributed by atoms with Gasteiger partial charge in [0, 0.05) is 9.90 Å². The number of thiophene rings is 1. The number of fused-ring (bicyclic) bond motifs is 3. The quantitative estimate of drug-likeness (QED) is 0.509. The second-order valence-electron chi connectivity index (χ2n) is 7.76. The van der Waals surface area contributed by atoms with E-state index in [0.29, 0.717) is 27.7 Å². The number of aromatic nitrogens is 5. The largest absolute Gasteiger partial charge is 0.323 e. The summed E-state index contributed by atoms with van der Waals surface area (Å²) in [5.41, 5.74) is 2.03. The van der Waals surface area contributed by atoms with Crippen molar-refractivity contribution in [2.45, 2.75) is 32.7 Å². The molecule has 0 spiro atoms. The maximum Gasteiger partial charge on any atom is 0.262 e. The number of nitrogens with one attached hydrogen (secondary N) is 1. The number of carbonyl (C=O) groups excluding carboxylic acids is 1. The molecule has 1 amide bonds. The van der Waals surface area contributed by atoms with E-state index in [4.69, 9.17) is 11.6 Å². The van der Waals surface area contributed by atoms with Crippen molar-refractivity contribution in [3.05, 3.63) is 63.0 Å². The molecule has 0 saturated carbocycles. The highest BCUT2D eigenvalue weighted by molar-refractivity contribution is 7.18. The van der Waals surface area contributed by atoms with Gasteiger partial charge in [0.05, 0.1) is 23.1 Å². The minimum atomic E-state index is -0.357. The van der Waals surface area contributed by atoms with E-state index >= 15 is 0 Å². The summed E-state index contributed by atoms with van der Waals surface area (Å²) in [5, 5.41) is 8.06. The van der Waals surface area contributed by atoms with Crippen molar-refractivity contribution in [2.75, 3.05) is 5.32 Å². The van der Waals surface area contributed by atoms with Gasteiger partial charge in [0.25, 0.3) is 5.56 Å². The van der Waals surface area contributed by atoms with E-state index < -0.39 is 0 Å². The number of aryl methyl sites for hydroxylation is 1. The van der Waals surface area contributed by atoms with Gasteiger partial charge in [-0.25, -0.2) is 14.6 Å². The average molecular weight is 455 g/mol. The summed E-state index contributed by atoms with van der Waals surface area (Å²) in [4.78, 5) is 36.3. The lowest BCUT2D eigenvalue weighted by molar-refractivity contribution is -0.116. The number of hydrogen-bond acceptors (Lipinski definition) is 6. The molecule has 4 aromatic rings. The maximum atomic E-state index is 13.1. The normalized spacial score (nSPS) is 15.7. The SMILES string of the molecule is C[C@H]1CCc2c(sc3ncn(CC(=O)Nc4cc(Cl)ccc4-n4cncn4)c(=O)c23)C1. The van der Waals surface area contributed by atoms with Gasteiger partial charge in [0.1, 0.15) is 24.0 Å². The van der Waals surface area contributed by atoms with Gasteiger partial charge in [-0.2, -0.15) is 5.10 Å². The van der Waals surface area contributed by atoms with Crippen LogP contribution in [0.15, 0.2) is 42.0 Å². The zero-order valence-corrected chi connectivity index (χ0v) is 18.3. The molecule has 1 N–H and O–H groups in total. The molecule has 5 rings (SSSR count). The summed E-state index contributed by atoms with van der Waals surface area (Å²) in [7, 11) is 0. The zero-order valence-electron chi connectivity index (χ0n) is 16.7. The van der Waals surface area contributed by atoms with Crippen LogP contribution in [0.2, 0.25) is 5.02 Å². The average Bonchev–Trinajstić information content (AvgIpc) is 3.38. The minimum absolute atomic E-state index is 0.147. The molecule has 1 aliphatic rings. The first-order valence-corrected chi connectivity index (χ1v) is 11.1. The second-order valence-corrected chi connectivity index (χ2v) is 9.28. The van der Waals surface area contributed by atoms with Gasteiger partial charge in [0.15, 0.2) is 0 Å². The van der Waals surface area contributed by atoms with Gasteiger partial charge >= 0.3 is 0 Å². The lowest BCUT2D eigenvalue weighted by Gasteiger charge is -2.17. The Morgan fingerprint density at radius 2 is 2.23 bits per heavy atom. The molecule has 0 aliphatic heterocycles. The Labute approximate surface area is 186 Å². The van der Waals surface area contributed by atoms with Crippen LogP contribution in [0.5, 0.6) is 0 Å². The van der Waals surface area contributed by atoms with Crippen molar-refractivity contribution in [3.63, 3.8) is 0 Å². The molecule has 158 valence electrons. The van der Waals surface area contributed by atoms with Crippen LogP contribution in [-0.2, 0) is 24.2 Å². The van der Waals surface area contributed by atoms with E-state index in [1.807, 2.05) is 0 Å². The molecule has 3 heterocycles. The van der Waals surface area contributed by atoms with E-state index in [2.05, 4.69) is 27.3 Å². The Kier molecular flexibility index (Phi) is 5.07. The third-order valence-electron chi connectivity index (χ3n) is 5.49. The van der Waals surface area contributed by atoms with Crippen molar-refractivity contribution in [3.8, 4) is 5.69 Å². The predicted octanol–water partition coefficient (Wildman–Crippen LogP) is 3.46. The molecule has 10 heteroatoms. The number of carbonyl (C=O) groups is 1. The fourth-order valence-corrected chi connectivity index (χ4v) is 5.48. The van der Waals surface area contributed by atoms with Crippen LogP contribution in [0.3, 0.4) is 0 Å². The molecule has 0 saturated heterocycles. The van der Waals surface area contributed by atoms with E-state index in [1.54, 1.807) is 29.5 Å². The molecule has 1 aromatic carbocycles. The van der Waals surface area contributed by atoms with Crippen LogP contribution in [0.4, 0.5) is 5.69 Å². The molecular weight excluding hydrogens is 436 g/mol. The number of halogens is 1. The molecule has 31 heavy (non-hydrogen) atoms. The fraction of sp³-hybridized carbons (Fsp3) is 0.286. The van der Waals surface area contributed by atoms with Crippen LogP contribution in [0.25, 0.3) is 15.9 Å². The number of benzene rings is 1. The molecule has 8 nitrogen and oxygen atoms in total. The highest BCUT2D eigenvalue weighted by Gasteiger charge is 2.23. The molecule has 1 aliphatic carbocycles. The topological polar surface area (TPSA) is 94.7 Å². The van der Waals surface area contributed by atoms with Crippen LogP contribution in [0.1, 0.15) is 23.8 Å². The second kappa shape index (κ2) is 7.90. The van der Waals surface area contributed by atoms with Crippen molar-refractivity contribution in [1.82, 2.24) is 24.3 Å². The zero-order chi connectivity index (χ0) is 21.5. The summed E-state index contributed by atoms with van der Waals surface area (Å²) in [6, 6.07) is 5.08. The number of hydrogen-bond donors (Lipinski definition) is 1. The minimum Gasteiger partial charge on any atom is -0.323 e. The van der Waals surface area contributed by atoms with Gasteiger partial charge in [-0.05, 0) is 48.9 Å². The van der Waals surface area contributed by atoms with E-state index in [9.17, 15) is 9.59 Å². The van der Waals surface area contributed by atoms with Crippen molar-refractivity contribution >= 4 is 44.7 Å². The van der Waals surface area contributed by atoms with Gasteiger partial charge in [0.2, 0.25) is 5.91 Å². The summed E-state index contributed by atoms with van der Waals surface area (Å²) < 4.78 is 2.90. The summed E-state index contributed by atoms with van der Waals surface area (Å²) >= 11 is 7.71. The highest BCUT2D eigenvalue weighted by atomic mass is 35.5. The Morgan fingerprint density at radius 3 is 3.03 bits per heavy atom. The standard InChI is InChI=1S/C21H19ClN6O2S/c1-12-2-4-14-17(6-12)31-20-19(14)21(30)27(11-24-20)8-18(29)26-15-7-13(22)3-5-16(15)28-10-23-9-25-28/h3,5,7,9-12H,2,4,6,8H2,1H3,(H,26,29)/t12-/m0/s1. The van der Waals surface area contributed by atoms with E-state index in [-0.39, 0.29) is 18.0 Å². The first-order valence-electron chi connectivity index (χ1n) is 9.93. The van der Waals surface area contributed by atoms with Gasteiger partial charge in [-0.3, -0.25) is 14.2 Å². The van der Waals surface area contributed by atoms with Gasteiger partial charge < -0.3 is 5.32 Å². The predicted molar refractivity (Wildman–Crippen MR) is 120 cm³/mol. The van der Waals surface area contributed by atoms with Crippen LogP contribution in [-0.4, -0.2) is 30.2 Å². The van der Waals surface area contributed by atoms with Crippen LogP contribution >= 0.6 is 22.9 Å². The smallest absolute Gasteiger partial charge is 0.262 e. The number of rotatable bonds is 4. The Hall–Kier alpha value is -3.04. The Bertz CT molecular complexity index is 1340. The monoisotopic (exact) mass is 454 g/mol. The molecular formula is C21H19ClN6O2S. The molecule has 0 unspecified atom stereocenters.